The Bertz CT molecular complexity index is 1350. The van der Waals surface area contributed by atoms with Crippen molar-refractivity contribution >= 4 is 57.4 Å². The van der Waals surface area contributed by atoms with E-state index in [1.54, 1.807) is 0 Å². The van der Waals surface area contributed by atoms with Crippen LogP contribution in [0.2, 0.25) is 0 Å². The number of ketones is 1. The van der Waals surface area contributed by atoms with Crippen LogP contribution in [0.25, 0.3) is 22.6 Å². The van der Waals surface area contributed by atoms with Gasteiger partial charge in [-0.15, -0.1) is 7.77 Å². The molecule has 0 aliphatic carbocycles. The van der Waals surface area contributed by atoms with Crippen LogP contribution in [0.15, 0.2) is 47.3 Å². The van der Waals surface area contributed by atoms with Crippen LogP contribution in [0.1, 0.15) is 21.5 Å². The van der Waals surface area contributed by atoms with Crippen molar-refractivity contribution in [3.05, 3.63) is 69.8 Å². The number of carbonyl (C=O) groups is 1. The fraction of sp³-hybridized carbons (Fsp3) is 0.0556. The maximum Gasteiger partial charge on any atom is 0.417 e. The number of benzene rings is 1. The Morgan fingerprint density at radius 3 is 2.50 bits per heavy atom. The van der Waals surface area contributed by atoms with Crippen molar-refractivity contribution in [1.29, 1.82) is 0 Å². The number of imidazole rings is 1. The molecule has 0 spiro atoms. The molecule has 0 amide bonds. The number of alkyl halides is 3. The van der Waals surface area contributed by atoms with Gasteiger partial charge in [0.2, 0.25) is 0 Å². The summed E-state index contributed by atoms with van der Waals surface area (Å²) in [5.74, 6) is -2.23. The topological polar surface area (TPSA) is 52.7 Å². The minimum absolute atomic E-state index is 0.0576. The third kappa shape index (κ3) is 3.79. The Kier molecular flexibility index (Phi) is 6.02. The third-order valence-electron chi connectivity index (χ3n) is 4.45. The smallest absolute Gasteiger partial charge is 0.289 e. The normalized spacial score (nSPS) is 12.0. The number of aromatic nitrogens is 4. The van der Waals surface area contributed by atoms with Crippen molar-refractivity contribution in [3.63, 3.8) is 0 Å². The van der Waals surface area contributed by atoms with Gasteiger partial charge >= 0.3 is 6.18 Å². The van der Waals surface area contributed by atoms with E-state index in [1.165, 1.54) is 6.07 Å². The molecule has 1 aromatic carbocycles. The van der Waals surface area contributed by atoms with Crippen molar-refractivity contribution in [2.45, 2.75) is 6.18 Å². The van der Waals surface area contributed by atoms with Gasteiger partial charge in [0.1, 0.15) is 15.6 Å². The Morgan fingerprint density at radius 2 is 1.84 bits per heavy atom. The number of hydrogen-bond donors (Lipinski definition) is 0. The molecule has 0 bridgehead atoms. The third-order valence-corrected chi connectivity index (χ3v) is 5.95. The molecule has 0 aliphatic rings. The monoisotopic (exact) mass is 552 g/mol. The van der Waals surface area contributed by atoms with Crippen molar-refractivity contribution in [1.82, 2.24) is 17.9 Å². The van der Waals surface area contributed by atoms with Crippen molar-refractivity contribution in [2.24, 2.45) is 0 Å². The predicted octanol–water partition coefficient (Wildman–Crippen LogP) is 6.81. The molecular weight excluding hydrogens is 546 g/mol. The van der Waals surface area contributed by atoms with E-state index < -0.39 is 53.6 Å². The van der Waals surface area contributed by atoms with E-state index >= 15 is 0 Å². The molecule has 0 aliphatic heterocycles. The van der Waals surface area contributed by atoms with E-state index in [0.717, 1.165) is 44.6 Å². The maximum absolute atomic E-state index is 14.5. The van der Waals surface area contributed by atoms with Gasteiger partial charge in [0.15, 0.2) is 42.1 Å². The summed E-state index contributed by atoms with van der Waals surface area (Å²) in [6, 6.07) is 5.19. The number of rotatable bonds is 5. The molecule has 4 aromatic rings. The van der Waals surface area contributed by atoms with Gasteiger partial charge in [-0.1, -0.05) is 18.2 Å². The van der Waals surface area contributed by atoms with E-state index in [0.29, 0.717) is 0 Å². The molecule has 0 N–H and O–H groups in total. The minimum atomic E-state index is -4.79. The van der Waals surface area contributed by atoms with E-state index in [4.69, 9.17) is 0 Å². The lowest BCUT2D eigenvalue weighted by Crippen LogP contribution is -2.13. The molecule has 0 fully saturated rings. The number of pyridine rings is 1. The number of hydrogen-bond acceptors (Lipinski definition) is 5. The van der Waals surface area contributed by atoms with Crippen LogP contribution in [-0.4, -0.2) is 23.7 Å². The van der Waals surface area contributed by atoms with Gasteiger partial charge < -0.3 is 0 Å². The molecule has 0 radical (unpaired) electrons. The molecule has 32 heavy (non-hydrogen) atoms. The van der Waals surface area contributed by atoms with E-state index in [-0.39, 0.29) is 32.7 Å². The first-order valence-corrected chi connectivity index (χ1v) is 10.6. The van der Waals surface area contributed by atoms with Crippen molar-refractivity contribution < 1.29 is 30.1 Å². The first kappa shape index (κ1) is 22.7. The van der Waals surface area contributed by atoms with Gasteiger partial charge in [-0.05, 0) is 28.1 Å². The molecule has 3 aromatic heterocycles. The van der Waals surface area contributed by atoms with E-state index in [2.05, 4.69) is 25.9 Å². The largest absolute Gasteiger partial charge is 0.417 e. The highest BCUT2D eigenvalue weighted by atomic mass is 79.9. The van der Waals surface area contributed by atoms with E-state index in [1.807, 2.05) is 0 Å². The maximum atomic E-state index is 14.5. The molecule has 14 heteroatoms. The summed E-state index contributed by atoms with van der Waals surface area (Å²) in [7, 11) is 0. The van der Waals surface area contributed by atoms with Crippen LogP contribution >= 0.6 is 40.6 Å². The van der Waals surface area contributed by atoms with Gasteiger partial charge in [0, 0.05) is 17.3 Å². The van der Waals surface area contributed by atoms with Crippen molar-refractivity contribution in [2.75, 3.05) is 0 Å². The zero-order valence-corrected chi connectivity index (χ0v) is 18.4. The summed E-state index contributed by atoms with van der Waals surface area (Å²) in [6.07, 6.45) is -2.68. The molecule has 0 unspecified atom stereocenters. The Morgan fingerprint density at radius 1 is 1.12 bits per heavy atom. The van der Waals surface area contributed by atoms with Gasteiger partial charge in [-0.25, -0.2) is 18.3 Å². The Labute approximate surface area is 192 Å². The molecule has 0 saturated carbocycles. The van der Waals surface area contributed by atoms with Crippen LogP contribution in [0, 0.1) is 5.82 Å². The zero-order valence-electron chi connectivity index (χ0n) is 15.2. The Balaban J connectivity index is 1.88. The molecule has 5 nitrogen and oxygen atoms in total. The fourth-order valence-electron chi connectivity index (χ4n) is 3.09. The predicted molar refractivity (Wildman–Crippen MR) is 112 cm³/mol. The average Bonchev–Trinajstić information content (AvgIpc) is 3.36. The average molecular weight is 553 g/mol. The first-order chi connectivity index (χ1) is 15.2. The van der Waals surface area contributed by atoms with Crippen LogP contribution in [0.3, 0.4) is 0 Å². The lowest BCUT2D eigenvalue weighted by molar-refractivity contribution is -0.137. The highest BCUT2D eigenvalue weighted by Crippen LogP contribution is 2.37. The second-order valence-corrected chi connectivity index (χ2v) is 8.06. The molecule has 4 rings (SSSR count). The molecule has 3 heterocycles. The number of fused-ring (bicyclic) bond motifs is 1. The van der Waals surface area contributed by atoms with Gasteiger partial charge in [0.25, 0.3) is 0 Å². The summed E-state index contributed by atoms with van der Waals surface area (Å²) in [6.45, 7) is 0. The lowest BCUT2D eigenvalue weighted by atomic mass is 9.99. The lowest BCUT2D eigenvalue weighted by Gasteiger charge is -2.10. The number of carbonyl (C=O) groups excluding carboxylic acids is 1. The summed E-state index contributed by atoms with van der Waals surface area (Å²) < 4.78 is 83.0. The quantitative estimate of drug-likeness (QED) is 0.154. The highest BCUT2D eigenvalue weighted by molar-refractivity contribution is 9.10. The number of halogens is 7. The molecular formula is C18H7BrF6N4OS2. The van der Waals surface area contributed by atoms with E-state index in [9.17, 15) is 30.1 Å². The molecule has 0 saturated heterocycles. The number of nitrogens with zero attached hydrogens (tertiary/aromatic N) is 4. The summed E-state index contributed by atoms with van der Waals surface area (Å²) in [5, 5.41) is 0. The fourth-order valence-corrected chi connectivity index (χ4v) is 4.18. The SMILES string of the molecule is O=C(c1cc(-c2nc3cnc(Br)c(F)c3n2SF)n(SF)c1)c1ccccc1C(F)(F)F. The summed E-state index contributed by atoms with van der Waals surface area (Å²) >= 11 is 2.06. The van der Waals surface area contributed by atoms with Crippen LogP contribution in [-0.2, 0) is 6.18 Å². The first-order valence-electron chi connectivity index (χ1n) is 8.41. The van der Waals surface area contributed by atoms with Crippen LogP contribution in [0.4, 0.5) is 25.3 Å². The van der Waals surface area contributed by atoms with Crippen molar-refractivity contribution in [3.8, 4) is 11.5 Å². The second kappa shape index (κ2) is 8.48. The van der Waals surface area contributed by atoms with Gasteiger partial charge in [0.05, 0.1) is 17.5 Å². The molecule has 166 valence electrons. The standard InChI is InChI=1S/C18H7BrF6N4OS2/c19-16-13(20)14-11(6-26-16)27-17(29(14)32-25)12-5-8(7-28(12)31-24)15(30)9-3-1-2-4-10(9)18(21,22)23/h1-7H. The zero-order chi connectivity index (χ0) is 23.2. The van der Waals surface area contributed by atoms with Gasteiger partial charge in [-0.2, -0.15) is 13.2 Å². The summed E-state index contributed by atoms with van der Waals surface area (Å²) in [4.78, 5) is 20.6. The van der Waals surface area contributed by atoms with Gasteiger partial charge in [-0.3, -0.25) is 8.77 Å². The second-order valence-electron chi connectivity index (χ2n) is 6.28. The van der Waals surface area contributed by atoms with Crippen LogP contribution < -0.4 is 0 Å². The summed E-state index contributed by atoms with van der Waals surface area (Å²) in [5.41, 5.74) is -2.62. The highest BCUT2D eigenvalue weighted by Gasteiger charge is 2.35. The minimum Gasteiger partial charge on any atom is -0.289 e. The Hall–Kier alpha value is -2.45. The van der Waals surface area contributed by atoms with Crippen LogP contribution in [0.5, 0.6) is 0 Å². The molecule has 0 atom stereocenters.